The van der Waals surface area contributed by atoms with Crippen LogP contribution in [-0.4, -0.2) is 77.2 Å². The average molecular weight is 384 g/mol. The van der Waals surface area contributed by atoms with Crippen LogP contribution in [0.25, 0.3) is 0 Å². The number of hydrogen-bond acceptors (Lipinski definition) is 10. The molecule has 1 aliphatic heterocycles. The summed E-state index contributed by atoms with van der Waals surface area (Å²) >= 11 is 1.11. The fourth-order valence-corrected chi connectivity index (χ4v) is 2.60. The second-order valence-corrected chi connectivity index (χ2v) is 5.95. The number of nitrogens with one attached hydrogen (secondary N) is 2. The largest absolute Gasteiger partial charge is 0.480 e. The number of carbonyl (C=O) groups is 4. The first kappa shape index (κ1) is 19.3. The number of β-lactam (4-membered cyclic amide) rings is 1. The Hall–Kier alpha value is -3.06. The second-order valence-electron chi connectivity index (χ2n) is 5.06. The van der Waals surface area contributed by atoms with E-state index in [0.717, 1.165) is 16.2 Å². The molecule has 3 amide bonds. The monoisotopic (exact) mass is 384 g/mol. The molecule has 0 bridgehead atoms. The molecule has 0 aliphatic carbocycles. The van der Waals surface area contributed by atoms with Crippen LogP contribution in [0.3, 0.4) is 0 Å². The van der Waals surface area contributed by atoms with Crippen LogP contribution in [-0.2, 0) is 24.0 Å². The summed E-state index contributed by atoms with van der Waals surface area (Å²) in [5.41, 5.74) is 5.57. The van der Waals surface area contributed by atoms with Crippen molar-refractivity contribution < 1.29 is 29.1 Å². The lowest BCUT2D eigenvalue weighted by Gasteiger charge is -2.36. The third kappa shape index (κ3) is 4.52. The summed E-state index contributed by atoms with van der Waals surface area (Å²) in [7, 11) is 1.25. The van der Waals surface area contributed by atoms with Crippen molar-refractivity contribution in [3.05, 3.63) is 11.1 Å². The van der Waals surface area contributed by atoms with Gasteiger partial charge in [0, 0.05) is 5.38 Å². The van der Waals surface area contributed by atoms with Gasteiger partial charge in [0.25, 0.3) is 11.8 Å². The molecule has 12 nitrogen and oxygen atoms in total. The minimum atomic E-state index is -1.12. The molecule has 2 rings (SSSR count). The molecule has 1 fully saturated rings. The van der Waals surface area contributed by atoms with Crippen LogP contribution >= 0.6 is 11.3 Å². The van der Waals surface area contributed by atoms with Gasteiger partial charge in [0.05, 0.1) is 19.6 Å². The zero-order valence-corrected chi connectivity index (χ0v) is 14.4. The van der Waals surface area contributed by atoms with Gasteiger partial charge in [-0.25, -0.2) is 4.98 Å². The molecule has 1 saturated heterocycles. The predicted octanol–water partition coefficient (Wildman–Crippen LogP) is -2.40. The van der Waals surface area contributed by atoms with Crippen LogP contribution in [0.4, 0.5) is 5.13 Å². The first-order chi connectivity index (χ1) is 12.3. The molecular formula is C13H16N6O6S. The van der Waals surface area contributed by atoms with E-state index in [2.05, 4.69) is 25.6 Å². The number of oxime groups is 1. The van der Waals surface area contributed by atoms with E-state index in [9.17, 15) is 19.2 Å². The Morgan fingerprint density at radius 1 is 1.50 bits per heavy atom. The minimum Gasteiger partial charge on any atom is -0.480 e. The summed E-state index contributed by atoms with van der Waals surface area (Å²) in [6.45, 7) is -0.730. The summed E-state index contributed by atoms with van der Waals surface area (Å²) in [6, 6.07) is -0.899. The molecule has 0 unspecified atom stereocenters. The molecule has 13 heteroatoms. The fourth-order valence-electron chi connectivity index (χ4n) is 2.05. The molecule has 5 N–H and O–H groups in total. The number of carboxylic acids is 1. The van der Waals surface area contributed by atoms with Crippen molar-refractivity contribution in [2.24, 2.45) is 5.16 Å². The number of imide groups is 1. The molecule has 0 spiro atoms. The number of carbonyl (C=O) groups excluding carboxylic acids is 3. The molecular weight excluding hydrogens is 368 g/mol. The number of aliphatic carboxylic acids is 1. The van der Waals surface area contributed by atoms with E-state index in [0.29, 0.717) is 0 Å². The van der Waals surface area contributed by atoms with E-state index in [1.165, 1.54) is 12.5 Å². The highest BCUT2D eigenvalue weighted by atomic mass is 32.1. The molecule has 1 aromatic rings. The number of carboxylic acid groups (broad SMARTS) is 1. The maximum atomic E-state index is 12.3. The third-order valence-electron chi connectivity index (χ3n) is 3.25. The van der Waals surface area contributed by atoms with E-state index in [4.69, 9.17) is 10.8 Å². The fraction of sp³-hybridized carbons (Fsp3) is 0.385. The molecule has 0 radical (unpaired) electrons. The van der Waals surface area contributed by atoms with Gasteiger partial charge in [-0.15, -0.1) is 11.3 Å². The first-order valence-electron chi connectivity index (χ1n) is 7.23. The van der Waals surface area contributed by atoms with E-state index in [1.54, 1.807) is 0 Å². The number of amides is 3. The van der Waals surface area contributed by atoms with E-state index in [-0.39, 0.29) is 29.6 Å². The lowest BCUT2D eigenvalue weighted by molar-refractivity contribution is -0.156. The van der Waals surface area contributed by atoms with Crippen LogP contribution < -0.4 is 16.4 Å². The summed E-state index contributed by atoms with van der Waals surface area (Å²) in [6.07, 6.45) is 0. The lowest BCUT2D eigenvalue weighted by Crippen LogP contribution is -2.67. The van der Waals surface area contributed by atoms with Crippen molar-refractivity contribution in [3.63, 3.8) is 0 Å². The Bertz CT molecular complexity index is 762. The van der Waals surface area contributed by atoms with Gasteiger partial charge >= 0.3 is 5.97 Å². The Labute approximate surface area is 151 Å². The van der Waals surface area contributed by atoms with Crippen LogP contribution in [0, 0.1) is 0 Å². The lowest BCUT2D eigenvalue weighted by atomic mass is 10.1. The zero-order valence-electron chi connectivity index (χ0n) is 13.6. The van der Waals surface area contributed by atoms with Gasteiger partial charge in [-0.3, -0.25) is 29.4 Å². The normalized spacial score (nSPS) is 16.8. The van der Waals surface area contributed by atoms with Gasteiger partial charge in [-0.2, -0.15) is 0 Å². The Balaban J connectivity index is 1.90. The molecule has 2 heterocycles. The van der Waals surface area contributed by atoms with Crippen molar-refractivity contribution in [2.75, 3.05) is 32.5 Å². The Morgan fingerprint density at radius 2 is 2.23 bits per heavy atom. The van der Waals surface area contributed by atoms with Crippen molar-refractivity contribution in [3.8, 4) is 0 Å². The van der Waals surface area contributed by atoms with Crippen LogP contribution in [0.2, 0.25) is 0 Å². The highest BCUT2D eigenvalue weighted by Gasteiger charge is 2.42. The molecule has 0 saturated carbocycles. The topological polar surface area (TPSA) is 176 Å². The maximum absolute atomic E-state index is 12.3. The van der Waals surface area contributed by atoms with Crippen molar-refractivity contribution in [1.82, 2.24) is 20.5 Å². The summed E-state index contributed by atoms with van der Waals surface area (Å²) in [4.78, 5) is 55.9. The number of aromatic nitrogens is 1. The van der Waals surface area contributed by atoms with Crippen molar-refractivity contribution >= 4 is 45.9 Å². The number of anilines is 1. The SMILES string of the molecule is CON=C(C(=O)N[C@H]1CN(C(=O)CNCC(=O)O)C1=O)c1csc(N)n1. The Kier molecular flexibility index (Phi) is 6.19. The predicted molar refractivity (Wildman–Crippen MR) is 89.2 cm³/mol. The van der Waals surface area contributed by atoms with Gasteiger partial charge in [0.2, 0.25) is 5.91 Å². The summed E-state index contributed by atoms with van der Waals surface area (Å²) < 4.78 is 0. The number of likely N-dealkylation sites (tertiary alicyclic amines) is 1. The third-order valence-corrected chi connectivity index (χ3v) is 3.92. The van der Waals surface area contributed by atoms with E-state index in [1.807, 2.05) is 0 Å². The van der Waals surface area contributed by atoms with Crippen molar-refractivity contribution in [1.29, 1.82) is 0 Å². The van der Waals surface area contributed by atoms with E-state index < -0.39 is 36.3 Å². The van der Waals surface area contributed by atoms with Crippen LogP contribution in [0.1, 0.15) is 5.69 Å². The number of thiazole rings is 1. The molecule has 140 valence electrons. The van der Waals surface area contributed by atoms with Gasteiger partial charge in [0.15, 0.2) is 10.8 Å². The van der Waals surface area contributed by atoms with Gasteiger partial charge < -0.3 is 21.0 Å². The minimum absolute atomic E-state index is 0.0301. The van der Waals surface area contributed by atoms with Crippen molar-refractivity contribution in [2.45, 2.75) is 6.04 Å². The number of nitrogen functional groups attached to an aromatic ring is 1. The van der Waals surface area contributed by atoms with Gasteiger partial charge in [0.1, 0.15) is 18.8 Å². The Morgan fingerprint density at radius 3 is 2.77 bits per heavy atom. The molecule has 1 aliphatic rings. The quantitative estimate of drug-likeness (QED) is 0.216. The molecule has 1 aromatic heterocycles. The standard InChI is InChI=1S/C13H16N6O6S/c1-25-18-10(7-5-26-13(14)17-7)11(23)16-6-4-19(12(6)24)8(20)2-15-3-9(21)22/h5-6,15H,2-4H2,1H3,(H2,14,17)(H,16,23)(H,21,22)/t6-/m0/s1. The van der Waals surface area contributed by atoms with Crippen LogP contribution in [0.5, 0.6) is 0 Å². The van der Waals surface area contributed by atoms with Gasteiger partial charge in [-0.05, 0) is 0 Å². The highest BCUT2D eigenvalue weighted by Crippen LogP contribution is 2.14. The molecule has 1 atom stereocenters. The number of hydrogen-bond donors (Lipinski definition) is 4. The average Bonchev–Trinajstić information content (AvgIpc) is 3.00. The highest BCUT2D eigenvalue weighted by molar-refractivity contribution is 7.13. The molecule has 0 aromatic carbocycles. The number of rotatable bonds is 8. The van der Waals surface area contributed by atoms with Crippen LogP contribution in [0.15, 0.2) is 10.5 Å². The number of nitrogens with zero attached hydrogens (tertiary/aromatic N) is 3. The summed E-state index contributed by atoms with van der Waals surface area (Å²) in [5, 5.41) is 18.6. The summed E-state index contributed by atoms with van der Waals surface area (Å²) in [5.74, 6) is -3.01. The second kappa shape index (κ2) is 8.35. The van der Waals surface area contributed by atoms with E-state index >= 15 is 0 Å². The molecule has 26 heavy (non-hydrogen) atoms. The van der Waals surface area contributed by atoms with Gasteiger partial charge in [-0.1, -0.05) is 5.16 Å². The maximum Gasteiger partial charge on any atom is 0.317 e. The first-order valence-corrected chi connectivity index (χ1v) is 8.11. The zero-order chi connectivity index (χ0) is 19.3. The smallest absolute Gasteiger partial charge is 0.317 e. The number of nitrogens with two attached hydrogens (primary N) is 1.